The summed E-state index contributed by atoms with van der Waals surface area (Å²) in [5, 5.41) is 5.55. The van der Waals surface area contributed by atoms with Gasteiger partial charge in [-0.3, -0.25) is 19.3 Å². The SMILES string of the molecule is CCCC1(CCC)NC(=O)N(CC(=O)OCC(=O)NC2CCCC2)C1=O. The number of ether oxygens (including phenoxy) is 1. The van der Waals surface area contributed by atoms with Crippen molar-refractivity contribution in [1.29, 1.82) is 0 Å². The van der Waals surface area contributed by atoms with Gasteiger partial charge in [-0.2, -0.15) is 0 Å². The fourth-order valence-electron chi connectivity index (χ4n) is 3.80. The average molecular weight is 367 g/mol. The van der Waals surface area contributed by atoms with Crippen LogP contribution < -0.4 is 10.6 Å². The lowest BCUT2D eigenvalue weighted by molar-refractivity contribution is -0.151. The largest absolute Gasteiger partial charge is 0.454 e. The molecule has 0 aromatic rings. The van der Waals surface area contributed by atoms with Gasteiger partial charge in [-0.05, 0) is 25.7 Å². The number of carbonyl (C=O) groups is 4. The Balaban J connectivity index is 1.84. The summed E-state index contributed by atoms with van der Waals surface area (Å²) in [7, 11) is 0. The molecule has 1 saturated heterocycles. The van der Waals surface area contributed by atoms with E-state index in [-0.39, 0.29) is 11.9 Å². The van der Waals surface area contributed by atoms with Crippen LogP contribution in [0.25, 0.3) is 0 Å². The third kappa shape index (κ3) is 4.74. The molecule has 2 rings (SSSR count). The lowest BCUT2D eigenvalue weighted by Crippen LogP contribution is -2.47. The third-order valence-electron chi connectivity index (χ3n) is 4.97. The summed E-state index contributed by atoms with van der Waals surface area (Å²) in [4.78, 5) is 49.5. The maximum Gasteiger partial charge on any atom is 0.326 e. The second-order valence-electron chi connectivity index (χ2n) is 7.11. The molecule has 0 aromatic heterocycles. The van der Waals surface area contributed by atoms with Crippen molar-refractivity contribution in [3.8, 4) is 0 Å². The van der Waals surface area contributed by atoms with Crippen molar-refractivity contribution in [3.05, 3.63) is 0 Å². The maximum atomic E-state index is 12.7. The number of hydrogen-bond donors (Lipinski definition) is 2. The number of urea groups is 1. The molecule has 0 aromatic carbocycles. The van der Waals surface area contributed by atoms with Gasteiger partial charge in [0.15, 0.2) is 6.61 Å². The minimum atomic E-state index is -0.930. The number of carbonyl (C=O) groups excluding carboxylic acids is 4. The van der Waals surface area contributed by atoms with E-state index in [1.807, 2.05) is 13.8 Å². The highest BCUT2D eigenvalue weighted by Gasteiger charge is 2.50. The van der Waals surface area contributed by atoms with E-state index in [0.29, 0.717) is 12.8 Å². The summed E-state index contributed by atoms with van der Waals surface area (Å²) >= 11 is 0. The minimum absolute atomic E-state index is 0.149. The van der Waals surface area contributed by atoms with Gasteiger partial charge in [0.25, 0.3) is 11.8 Å². The number of esters is 1. The van der Waals surface area contributed by atoms with Crippen LogP contribution in [0, 0.1) is 0 Å². The molecule has 8 heteroatoms. The smallest absolute Gasteiger partial charge is 0.326 e. The molecule has 0 spiro atoms. The second kappa shape index (κ2) is 9.00. The molecule has 2 fully saturated rings. The Hall–Kier alpha value is -2.12. The van der Waals surface area contributed by atoms with E-state index in [1.54, 1.807) is 0 Å². The van der Waals surface area contributed by atoms with Gasteiger partial charge in [-0.25, -0.2) is 4.79 Å². The predicted octanol–water partition coefficient (Wildman–Crippen LogP) is 1.48. The Bertz CT molecular complexity index is 551. The highest BCUT2D eigenvalue weighted by Crippen LogP contribution is 2.27. The molecular weight excluding hydrogens is 338 g/mol. The van der Waals surface area contributed by atoms with Crippen molar-refractivity contribution in [3.63, 3.8) is 0 Å². The maximum absolute atomic E-state index is 12.7. The Kier molecular flexibility index (Phi) is 6.99. The highest BCUT2D eigenvalue weighted by molar-refractivity contribution is 6.08. The van der Waals surface area contributed by atoms with Gasteiger partial charge < -0.3 is 15.4 Å². The van der Waals surface area contributed by atoms with E-state index in [1.165, 1.54) is 0 Å². The molecule has 0 bridgehead atoms. The van der Waals surface area contributed by atoms with E-state index in [2.05, 4.69) is 10.6 Å². The van der Waals surface area contributed by atoms with Crippen molar-refractivity contribution in [2.45, 2.75) is 76.8 Å². The fourth-order valence-corrected chi connectivity index (χ4v) is 3.80. The van der Waals surface area contributed by atoms with Gasteiger partial charge >= 0.3 is 12.0 Å². The van der Waals surface area contributed by atoms with E-state index >= 15 is 0 Å². The predicted molar refractivity (Wildman–Crippen MR) is 94.1 cm³/mol. The Morgan fingerprint density at radius 1 is 1.19 bits per heavy atom. The molecule has 8 nitrogen and oxygen atoms in total. The monoisotopic (exact) mass is 367 g/mol. The van der Waals surface area contributed by atoms with Crippen molar-refractivity contribution in [2.24, 2.45) is 0 Å². The number of rotatable bonds is 9. The molecule has 146 valence electrons. The van der Waals surface area contributed by atoms with Crippen LogP contribution in [0.2, 0.25) is 0 Å². The summed E-state index contributed by atoms with van der Waals surface area (Å²) in [6.45, 7) is 3.01. The third-order valence-corrected chi connectivity index (χ3v) is 4.97. The van der Waals surface area contributed by atoms with Crippen LogP contribution in [-0.2, 0) is 19.1 Å². The summed E-state index contributed by atoms with van der Waals surface area (Å²) in [6, 6.07) is -0.430. The van der Waals surface area contributed by atoms with Crippen LogP contribution in [0.5, 0.6) is 0 Å². The van der Waals surface area contributed by atoms with Gasteiger partial charge in [0, 0.05) is 6.04 Å². The molecule has 2 aliphatic rings. The highest BCUT2D eigenvalue weighted by atomic mass is 16.5. The standard InChI is InChI=1S/C18H29N3O5/c1-3-9-18(10-4-2)16(24)21(17(25)20-18)11-15(23)26-12-14(22)19-13-7-5-6-8-13/h13H,3-12H2,1-2H3,(H,19,22)(H,20,25). The molecule has 1 heterocycles. The van der Waals surface area contributed by atoms with Crippen molar-refractivity contribution >= 4 is 23.8 Å². The zero-order valence-corrected chi connectivity index (χ0v) is 15.6. The van der Waals surface area contributed by atoms with Crippen molar-refractivity contribution < 1.29 is 23.9 Å². The Morgan fingerprint density at radius 2 is 1.81 bits per heavy atom. The Labute approximate surface area is 154 Å². The molecule has 1 saturated carbocycles. The number of nitrogens with zero attached hydrogens (tertiary/aromatic N) is 1. The topological polar surface area (TPSA) is 105 Å². The summed E-state index contributed by atoms with van der Waals surface area (Å²) in [6.07, 6.45) is 6.61. The van der Waals surface area contributed by atoms with Gasteiger partial charge in [-0.15, -0.1) is 0 Å². The van der Waals surface area contributed by atoms with E-state index in [0.717, 1.165) is 43.4 Å². The molecule has 0 atom stereocenters. The zero-order valence-electron chi connectivity index (χ0n) is 15.6. The minimum Gasteiger partial charge on any atom is -0.454 e. The van der Waals surface area contributed by atoms with Crippen molar-refractivity contribution in [1.82, 2.24) is 15.5 Å². The van der Waals surface area contributed by atoms with Crippen LogP contribution in [0.1, 0.15) is 65.2 Å². The van der Waals surface area contributed by atoms with Gasteiger partial charge in [0.05, 0.1) is 0 Å². The first-order chi connectivity index (χ1) is 12.4. The van der Waals surface area contributed by atoms with Crippen LogP contribution in [0.4, 0.5) is 4.79 Å². The van der Waals surface area contributed by atoms with Gasteiger partial charge in [-0.1, -0.05) is 39.5 Å². The first-order valence-corrected chi connectivity index (χ1v) is 9.51. The Morgan fingerprint density at radius 3 is 2.38 bits per heavy atom. The van der Waals surface area contributed by atoms with E-state index in [9.17, 15) is 19.2 Å². The summed E-state index contributed by atoms with van der Waals surface area (Å²) < 4.78 is 4.94. The number of hydrogen-bond acceptors (Lipinski definition) is 5. The fraction of sp³-hybridized carbons (Fsp3) is 0.778. The molecule has 4 amide bonds. The normalized spacial score (nSPS) is 19.5. The molecule has 1 aliphatic heterocycles. The first kappa shape index (κ1) is 20.2. The number of nitrogens with one attached hydrogen (secondary N) is 2. The first-order valence-electron chi connectivity index (χ1n) is 9.51. The van der Waals surface area contributed by atoms with Gasteiger partial charge in [0.2, 0.25) is 0 Å². The summed E-state index contributed by atoms with van der Waals surface area (Å²) in [5.74, 6) is -1.51. The van der Waals surface area contributed by atoms with Crippen molar-refractivity contribution in [2.75, 3.05) is 13.2 Å². The van der Waals surface area contributed by atoms with Gasteiger partial charge in [0.1, 0.15) is 12.1 Å². The number of amides is 4. The van der Waals surface area contributed by atoms with Crippen LogP contribution in [0.15, 0.2) is 0 Å². The molecule has 0 radical (unpaired) electrons. The lowest BCUT2D eigenvalue weighted by atomic mass is 9.88. The van der Waals surface area contributed by atoms with Crippen LogP contribution in [0.3, 0.4) is 0 Å². The zero-order chi connectivity index (χ0) is 19.2. The molecule has 0 unspecified atom stereocenters. The molecule has 1 aliphatic carbocycles. The average Bonchev–Trinajstić information content (AvgIpc) is 3.17. The van der Waals surface area contributed by atoms with E-state index < -0.39 is 36.6 Å². The second-order valence-corrected chi connectivity index (χ2v) is 7.11. The summed E-state index contributed by atoms with van der Waals surface area (Å²) in [5.41, 5.74) is -0.930. The molecule has 2 N–H and O–H groups in total. The van der Waals surface area contributed by atoms with Crippen LogP contribution >= 0.6 is 0 Å². The van der Waals surface area contributed by atoms with Crippen LogP contribution in [-0.4, -0.2) is 53.4 Å². The lowest BCUT2D eigenvalue weighted by Gasteiger charge is -2.25. The number of imide groups is 1. The molecular formula is C18H29N3O5. The quantitative estimate of drug-likeness (QED) is 0.474. The molecule has 26 heavy (non-hydrogen) atoms. The van der Waals surface area contributed by atoms with E-state index in [4.69, 9.17) is 4.74 Å².